The fourth-order valence-electron chi connectivity index (χ4n) is 0.227. The smallest absolute Gasteiger partial charge is 0.0264 e. The van der Waals surface area contributed by atoms with E-state index >= 15 is 0 Å². The molecule has 0 rings (SSSR count). The van der Waals surface area contributed by atoms with Crippen molar-refractivity contribution in [3.63, 3.8) is 0 Å². The van der Waals surface area contributed by atoms with E-state index in [2.05, 4.69) is 4.99 Å². The molecule has 0 bridgehead atoms. The van der Waals surface area contributed by atoms with Gasteiger partial charge in [0.15, 0.2) is 0 Å². The highest BCUT2D eigenvalue weighted by molar-refractivity contribution is 6.25. The maximum atomic E-state index is 5.20. The quantitative estimate of drug-likeness (QED) is 0.401. The van der Waals surface area contributed by atoms with Crippen molar-refractivity contribution in [3.8, 4) is 0 Å². The summed E-state index contributed by atoms with van der Waals surface area (Å²) in [5, 5.41) is 0. The van der Waals surface area contributed by atoms with Crippen LogP contribution in [0.3, 0.4) is 0 Å². The van der Waals surface area contributed by atoms with E-state index in [0.717, 1.165) is 0 Å². The topological polar surface area (TPSA) is 12.4 Å². The van der Waals surface area contributed by atoms with Crippen molar-refractivity contribution in [1.29, 1.82) is 0 Å². The van der Waals surface area contributed by atoms with Crippen molar-refractivity contribution < 1.29 is 0 Å². The molecule has 0 aromatic rings. The largest absolute Gasteiger partial charge is 0.269 e. The van der Waals surface area contributed by atoms with E-state index in [1.165, 1.54) is 5.54 Å². The Morgan fingerprint density at radius 3 is 2.62 bits per heavy atom. The Morgan fingerprint density at radius 2 is 2.12 bits per heavy atom. The van der Waals surface area contributed by atoms with Gasteiger partial charge in [-0.1, -0.05) is 11.6 Å². The number of halogens is 1. The van der Waals surface area contributed by atoms with E-state index in [4.69, 9.17) is 11.6 Å². The van der Waals surface area contributed by atoms with Gasteiger partial charge in [-0.25, -0.2) is 0 Å². The molecule has 44 valence electrons. The lowest BCUT2D eigenvalue weighted by Crippen LogP contribution is -1.51. The van der Waals surface area contributed by atoms with Crippen LogP contribution < -0.4 is 0 Å². The molecule has 1 nitrogen and oxygen atoms in total. The van der Waals surface area contributed by atoms with Crippen LogP contribution in [0.15, 0.2) is 28.9 Å². The van der Waals surface area contributed by atoms with E-state index in [0.29, 0.717) is 0 Å². The van der Waals surface area contributed by atoms with Crippen molar-refractivity contribution in [1.82, 2.24) is 0 Å². The molecular weight excluding hydrogens is 122 g/mol. The summed E-state index contributed by atoms with van der Waals surface area (Å²) in [7, 11) is 0. The molecule has 0 atom stereocenters. The fourth-order valence-corrected chi connectivity index (χ4v) is 0.311. The molecule has 0 heterocycles. The first-order chi connectivity index (χ1) is 3.91. The fraction of sp³-hybridized carbons (Fsp3) is 0.167. The van der Waals surface area contributed by atoms with E-state index in [9.17, 15) is 0 Å². The van der Waals surface area contributed by atoms with E-state index in [1.54, 1.807) is 24.6 Å². The van der Waals surface area contributed by atoms with Crippen LogP contribution >= 0.6 is 11.6 Å². The predicted molar refractivity (Wildman–Crippen MR) is 38.3 cm³/mol. The van der Waals surface area contributed by atoms with Crippen molar-refractivity contribution >= 4 is 17.8 Å². The minimum absolute atomic E-state index is 1.43. The molecule has 0 amide bonds. The Bertz CT molecular complexity index is 99.7. The van der Waals surface area contributed by atoms with Gasteiger partial charge in [0.05, 0.1) is 0 Å². The zero-order valence-electron chi connectivity index (χ0n) is 4.71. The molecule has 0 unspecified atom stereocenters. The third-order valence-electron chi connectivity index (χ3n) is 0.505. The van der Waals surface area contributed by atoms with Gasteiger partial charge in [0.1, 0.15) is 0 Å². The Kier molecular flexibility index (Phi) is 5.99. The first kappa shape index (κ1) is 7.44. The lowest BCUT2D eigenvalue weighted by Gasteiger charge is -1.68. The molecule has 0 saturated carbocycles. The monoisotopic (exact) mass is 129 g/mol. The minimum Gasteiger partial charge on any atom is -0.269 e. The summed E-state index contributed by atoms with van der Waals surface area (Å²) in [6.45, 7) is 1.86. The number of aliphatic imine (C=N–C) groups is 1. The number of hydrogen-bond donors (Lipinski definition) is 0. The molecule has 0 aromatic heterocycles. The van der Waals surface area contributed by atoms with Gasteiger partial charge in [-0.2, -0.15) is 0 Å². The van der Waals surface area contributed by atoms with Gasteiger partial charge in [-0.15, -0.1) is 0 Å². The lowest BCUT2D eigenvalue weighted by atomic mass is 10.6. The highest BCUT2D eigenvalue weighted by atomic mass is 35.5. The molecule has 0 aliphatic carbocycles. The van der Waals surface area contributed by atoms with E-state index in [1.807, 2.05) is 6.92 Å². The summed E-state index contributed by atoms with van der Waals surface area (Å²) >= 11 is 5.20. The maximum Gasteiger partial charge on any atom is 0.0264 e. The maximum absolute atomic E-state index is 5.20. The first-order valence-corrected chi connectivity index (χ1v) is 2.75. The van der Waals surface area contributed by atoms with Crippen LogP contribution in [-0.2, 0) is 0 Å². The molecule has 0 radical (unpaired) electrons. The number of rotatable bonds is 2. The number of hydrogen-bond acceptors (Lipinski definition) is 1. The van der Waals surface area contributed by atoms with Crippen LogP contribution in [0.1, 0.15) is 6.92 Å². The van der Waals surface area contributed by atoms with Crippen LogP contribution in [0.4, 0.5) is 0 Å². The zero-order valence-corrected chi connectivity index (χ0v) is 5.47. The number of allylic oxidation sites excluding steroid dienone is 2. The third kappa shape index (κ3) is 5.44. The Hall–Kier alpha value is -0.560. The second-order valence-corrected chi connectivity index (χ2v) is 1.32. The van der Waals surface area contributed by atoms with E-state index < -0.39 is 0 Å². The standard InChI is InChI=1S/C6H8ClN/c1-2-8-6-4-3-5-7/h2-6H,1H3/b5-3+,6-4-,8-2?. The molecule has 2 heteroatoms. The molecule has 0 N–H and O–H groups in total. The molecule has 0 aliphatic heterocycles. The average Bonchev–Trinajstić information content (AvgIpc) is 1.81. The molecule has 0 aliphatic rings. The second kappa shape index (κ2) is 6.44. The van der Waals surface area contributed by atoms with Crippen LogP contribution in [-0.4, -0.2) is 6.21 Å². The van der Waals surface area contributed by atoms with Crippen molar-refractivity contribution in [2.45, 2.75) is 6.92 Å². The Morgan fingerprint density at radius 1 is 1.38 bits per heavy atom. The van der Waals surface area contributed by atoms with Gasteiger partial charge in [0.2, 0.25) is 0 Å². The van der Waals surface area contributed by atoms with Crippen molar-refractivity contribution in [2.24, 2.45) is 4.99 Å². The van der Waals surface area contributed by atoms with Gasteiger partial charge in [0, 0.05) is 17.9 Å². The second-order valence-electron chi connectivity index (χ2n) is 1.07. The summed E-state index contributed by atoms with van der Waals surface area (Å²) < 4.78 is 0. The molecule has 0 fully saturated rings. The highest BCUT2D eigenvalue weighted by Gasteiger charge is 1.56. The molecule has 8 heavy (non-hydrogen) atoms. The van der Waals surface area contributed by atoms with Crippen molar-refractivity contribution in [3.05, 3.63) is 23.9 Å². The zero-order chi connectivity index (χ0) is 6.24. The minimum atomic E-state index is 1.43. The summed E-state index contributed by atoms with van der Waals surface area (Å²) in [6, 6.07) is 0. The number of nitrogens with zero attached hydrogens (tertiary/aromatic N) is 1. The van der Waals surface area contributed by atoms with Crippen LogP contribution in [0, 0.1) is 0 Å². The SMILES string of the molecule is CC=N/C=C\C=C\Cl. The Labute approximate surface area is 54.4 Å². The summed E-state index contributed by atoms with van der Waals surface area (Å²) in [5.41, 5.74) is 1.43. The van der Waals surface area contributed by atoms with Crippen LogP contribution in [0.25, 0.3) is 0 Å². The Balaban J connectivity index is 3.35. The molecule has 0 aromatic carbocycles. The van der Waals surface area contributed by atoms with Crippen molar-refractivity contribution in [2.75, 3.05) is 0 Å². The predicted octanol–water partition coefficient (Wildman–Crippen LogP) is 2.34. The van der Waals surface area contributed by atoms with Gasteiger partial charge in [-0.3, -0.25) is 4.99 Å². The van der Waals surface area contributed by atoms with Crippen LogP contribution in [0.5, 0.6) is 0 Å². The van der Waals surface area contributed by atoms with Gasteiger partial charge < -0.3 is 0 Å². The normalized spacial score (nSPS) is 12.8. The molecular formula is C6H8ClN. The van der Waals surface area contributed by atoms with Gasteiger partial charge >= 0.3 is 0 Å². The van der Waals surface area contributed by atoms with Gasteiger partial charge in [-0.05, 0) is 19.1 Å². The van der Waals surface area contributed by atoms with Gasteiger partial charge in [0.25, 0.3) is 0 Å². The average molecular weight is 130 g/mol. The van der Waals surface area contributed by atoms with Crippen LogP contribution in [0.2, 0.25) is 0 Å². The first-order valence-electron chi connectivity index (χ1n) is 2.31. The highest BCUT2D eigenvalue weighted by Crippen LogP contribution is 1.80. The lowest BCUT2D eigenvalue weighted by molar-refractivity contribution is 1.58. The molecule has 0 spiro atoms. The third-order valence-corrected chi connectivity index (χ3v) is 0.651. The summed E-state index contributed by atoms with van der Waals surface area (Å²) in [5.74, 6) is 0. The summed E-state index contributed by atoms with van der Waals surface area (Å²) in [6.07, 6.45) is 6.83. The summed E-state index contributed by atoms with van der Waals surface area (Å²) in [4.78, 5) is 3.79. The van der Waals surface area contributed by atoms with E-state index in [-0.39, 0.29) is 0 Å². The molecule has 0 saturated heterocycles.